The number of para-hydroxylation sites is 1. The zero-order valence-electron chi connectivity index (χ0n) is 7.81. The van der Waals surface area contributed by atoms with E-state index >= 15 is 0 Å². The maximum absolute atomic E-state index is 12.6. The van der Waals surface area contributed by atoms with Crippen LogP contribution in [0.4, 0.5) is 10.1 Å². The number of halogens is 1. The lowest BCUT2D eigenvalue weighted by molar-refractivity contribution is 0.447. The SMILES string of the molecule is CCc1cccc2c1NCC2CF. The number of alkyl halides is 1. The smallest absolute Gasteiger partial charge is 0.0980 e. The van der Waals surface area contributed by atoms with Crippen molar-refractivity contribution in [3.8, 4) is 0 Å². The predicted octanol–water partition coefficient (Wildman–Crippen LogP) is 2.73. The molecule has 1 aromatic rings. The van der Waals surface area contributed by atoms with Gasteiger partial charge in [-0.25, -0.2) is 0 Å². The van der Waals surface area contributed by atoms with E-state index in [2.05, 4.69) is 18.3 Å². The fraction of sp³-hybridized carbons (Fsp3) is 0.455. The number of nitrogens with one attached hydrogen (secondary N) is 1. The van der Waals surface area contributed by atoms with Crippen LogP contribution < -0.4 is 5.32 Å². The summed E-state index contributed by atoms with van der Waals surface area (Å²) in [7, 11) is 0. The predicted molar refractivity (Wildman–Crippen MR) is 53.0 cm³/mol. The molecule has 70 valence electrons. The normalized spacial score (nSPS) is 19.7. The lowest BCUT2D eigenvalue weighted by Crippen LogP contribution is -2.03. The molecule has 1 aromatic carbocycles. The first kappa shape index (κ1) is 8.54. The lowest BCUT2D eigenvalue weighted by Gasteiger charge is -2.06. The Morgan fingerprint density at radius 2 is 2.38 bits per heavy atom. The number of anilines is 1. The first-order valence-electron chi connectivity index (χ1n) is 4.78. The Kier molecular flexibility index (Phi) is 2.21. The van der Waals surface area contributed by atoms with Gasteiger partial charge in [0.15, 0.2) is 0 Å². The fourth-order valence-electron chi connectivity index (χ4n) is 1.94. The van der Waals surface area contributed by atoms with Crippen LogP contribution in [0.2, 0.25) is 0 Å². The maximum Gasteiger partial charge on any atom is 0.0980 e. The Labute approximate surface area is 78.0 Å². The van der Waals surface area contributed by atoms with Crippen LogP contribution in [-0.2, 0) is 6.42 Å². The van der Waals surface area contributed by atoms with Crippen molar-refractivity contribution in [1.29, 1.82) is 0 Å². The van der Waals surface area contributed by atoms with Crippen LogP contribution >= 0.6 is 0 Å². The number of fused-ring (bicyclic) bond motifs is 1. The van der Waals surface area contributed by atoms with E-state index in [-0.39, 0.29) is 12.6 Å². The van der Waals surface area contributed by atoms with Gasteiger partial charge in [-0.05, 0) is 17.5 Å². The van der Waals surface area contributed by atoms with Gasteiger partial charge in [-0.3, -0.25) is 4.39 Å². The summed E-state index contributed by atoms with van der Waals surface area (Å²) in [6, 6.07) is 6.15. The highest BCUT2D eigenvalue weighted by Gasteiger charge is 2.23. The quantitative estimate of drug-likeness (QED) is 0.736. The average molecular weight is 179 g/mol. The molecule has 0 radical (unpaired) electrons. The van der Waals surface area contributed by atoms with E-state index in [0.717, 1.165) is 18.5 Å². The Morgan fingerprint density at radius 1 is 1.54 bits per heavy atom. The molecule has 1 heterocycles. The van der Waals surface area contributed by atoms with Crippen LogP contribution in [-0.4, -0.2) is 13.2 Å². The van der Waals surface area contributed by atoms with Gasteiger partial charge >= 0.3 is 0 Å². The van der Waals surface area contributed by atoms with E-state index in [1.54, 1.807) is 0 Å². The Bertz CT molecular complexity index is 309. The summed E-state index contributed by atoms with van der Waals surface area (Å²) in [5, 5.41) is 3.28. The second-order valence-corrected chi connectivity index (χ2v) is 3.47. The minimum Gasteiger partial charge on any atom is -0.384 e. The summed E-state index contributed by atoms with van der Waals surface area (Å²) in [5.74, 6) is 0.0708. The molecule has 0 bridgehead atoms. The number of hydrogen-bond donors (Lipinski definition) is 1. The second-order valence-electron chi connectivity index (χ2n) is 3.47. The first-order chi connectivity index (χ1) is 6.36. The first-order valence-corrected chi connectivity index (χ1v) is 4.78. The van der Waals surface area contributed by atoms with Crippen LogP contribution in [0.15, 0.2) is 18.2 Å². The highest BCUT2D eigenvalue weighted by atomic mass is 19.1. The molecular weight excluding hydrogens is 165 g/mol. The molecular formula is C11H14FN. The van der Waals surface area contributed by atoms with E-state index in [1.165, 1.54) is 11.3 Å². The molecule has 0 saturated heterocycles. The minimum atomic E-state index is -0.257. The zero-order chi connectivity index (χ0) is 9.26. The third-order valence-corrected chi connectivity index (χ3v) is 2.72. The second kappa shape index (κ2) is 3.36. The largest absolute Gasteiger partial charge is 0.384 e. The highest BCUT2D eigenvalue weighted by Crippen LogP contribution is 2.34. The van der Waals surface area contributed by atoms with Gasteiger partial charge in [0, 0.05) is 18.2 Å². The van der Waals surface area contributed by atoms with Crippen LogP contribution in [0.1, 0.15) is 24.0 Å². The topological polar surface area (TPSA) is 12.0 Å². The van der Waals surface area contributed by atoms with Gasteiger partial charge in [-0.15, -0.1) is 0 Å². The number of rotatable bonds is 2. The maximum atomic E-state index is 12.6. The van der Waals surface area contributed by atoms with Crippen LogP contribution in [0, 0.1) is 0 Å². The van der Waals surface area contributed by atoms with Crippen LogP contribution in [0.25, 0.3) is 0 Å². The molecule has 0 aromatic heterocycles. The molecule has 2 heteroatoms. The molecule has 0 spiro atoms. The van der Waals surface area contributed by atoms with Gasteiger partial charge < -0.3 is 5.32 Å². The van der Waals surface area contributed by atoms with E-state index in [0.29, 0.717) is 0 Å². The summed E-state index contributed by atoms with van der Waals surface area (Å²) in [4.78, 5) is 0. The molecule has 1 unspecified atom stereocenters. The number of aryl methyl sites for hydroxylation is 1. The molecule has 13 heavy (non-hydrogen) atoms. The van der Waals surface area contributed by atoms with Gasteiger partial charge in [0.05, 0.1) is 6.67 Å². The van der Waals surface area contributed by atoms with Crippen molar-refractivity contribution in [3.63, 3.8) is 0 Å². The summed E-state index contributed by atoms with van der Waals surface area (Å²) in [6.07, 6.45) is 1.01. The number of hydrogen-bond acceptors (Lipinski definition) is 1. The zero-order valence-corrected chi connectivity index (χ0v) is 7.81. The summed E-state index contributed by atoms with van der Waals surface area (Å²) >= 11 is 0. The van der Waals surface area contributed by atoms with Crippen molar-refractivity contribution in [1.82, 2.24) is 0 Å². The molecule has 1 nitrogen and oxygen atoms in total. The van der Waals surface area contributed by atoms with Gasteiger partial charge in [0.25, 0.3) is 0 Å². The minimum absolute atomic E-state index is 0.0708. The molecule has 1 aliphatic rings. The highest BCUT2D eigenvalue weighted by molar-refractivity contribution is 5.63. The van der Waals surface area contributed by atoms with Gasteiger partial charge in [0.1, 0.15) is 0 Å². The molecule has 0 aliphatic carbocycles. The van der Waals surface area contributed by atoms with Gasteiger partial charge in [-0.1, -0.05) is 25.1 Å². The number of benzene rings is 1. The van der Waals surface area contributed by atoms with Crippen molar-refractivity contribution in [3.05, 3.63) is 29.3 Å². The monoisotopic (exact) mass is 179 g/mol. The molecule has 0 fully saturated rings. The summed E-state index contributed by atoms with van der Waals surface area (Å²) in [5.41, 5.74) is 3.63. The molecule has 1 N–H and O–H groups in total. The third kappa shape index (κ3) is 1.30. The summed E-state index contributed by atoms with van der Waals surface area (Å²) < 4.78 is 12.6. The molecule has 1 atom stereocenters. The van der Waals surface area contributed by atoms with Crippen molar-refractivity contribution in [2.75, 3.05) is 18.5 Å². The molecule has 0 amide bonds. The molecule has 1 aliphatic heterocycles. The Balaban J connectivity index is 2.43. The molecule has 0 saturated carbocycles. The van der Waals surface area contributed by atoms with Crippen molar-refractivity contribution in [2.24, 2.45) is 0 Å². The van der Waals surface area contributed by atoms with Gasteiger partial charge in [-0.2, -0.15) is 0 Å². The van der Waals surface area contributed by atoms with Gasteiger partial charge in [0.2, 0.25) is 0 Å². The van der Waals surface area contributed by atoms with Crippen molar-refractivity contribution in [2.45, 2.75) is 19.3 Å². The summed E-state index contributed by atoms with van der Waals surface area (Å²) in [6.45, 7) is 2.62. The van der Waals surface area contributed by atoms with Crippen molar-refractivity contribution < 1.29 is 4.39 Å². The molecule has 2 rings (SSSR count). The Hall–Kier alpha value is -1.05. The van der Waals surface area contributed by atoms with Crippen LogP contribution in [0.3, 0.4) is 0 Å². The van der Waals surface area contributed by atoms with E-state index in [1.807, 2.05) is 12.1 Å². The lowest BCUT2D eigenvalue weighted by atomic mass is 9.99. The van der Waals surface area contributed by atoms with E-state index in [9.17, 15) is 4.39 Å². The van der Waals surface area contributed by atoms with Crippen molar-refractivity contribution >= 4 is 5.69 Å². The van der Waals surface area contributed by atoms with E-state index in [4.69, 9.17) is 0 Å². The average Bonchev–Trinajstić information content (AvgIpc) is 2.60. The Morgan fingerprint density at radius 3 is 3.08 bits per heavy atom. The third-order valence-electron chi connectivity index (χ3n) is 2.72. The fourth-order valence-corrected chi connectivity index (χ4v) is 1.94. The standard InChI is InChI=1S/C11H14FN/c1-2-8-4-3-5-10-9(6-12)7-13-11(8)10/h3-5,9,13H,2,6-7H2,1H3. The van der Waals surface area contributed by atoms with E-state index < -0.39 is 0 Å². The van der Waals surface area contributed by atoms with Crippen LogP contribution in [0.5, 0.6) is 0 Å².